The summed E-state index contributed by atoms with van der Waals surface area (Å²) in [6.07, 6.45) is 5.46. The largest absolute Gasteiger partial charge is 0.366 e. The predicted octanol–water partition coefficient (Wildman–Crippen LogP) is 2.40. The van der Waals surface area contributed by atoms with Crippen molar-refractivity contribution in [1.29, 1.82) is 0 Å². The summed E-state index contributed by atoms with van der Waals surface area (Å²) in [5, 5.41) is 3.25. The molecule has 2 aromatic rings. The van der Waals surface area contributed by atoms with E-state index in [9.17, 15) is 0 Å². The fourth-order valence-electron chi connectivity index (χ4n) is 1.33. The number of hydrogen-bond donors (Lipinski definition) is 1. The predicted molar refractivity (Wildman–Crippen MR) is 60.5 cm³/mol. The van der Waals surface area contributed by atoms with Crippen LogP contribution >= 0.6 is 0 Å². The average Bonchev–Trinajstić information content (AvgIpc) is 2.29. The van der Waals surface area contributed by atoms with Crippen LogP contribution in [0.2, 0.25) is 0 Å². The van der Waals surface area contributed by atoms with E-state index in [-0.39, 0.29) is 0 Å². The minimum atomic E-state index is 0.761. The van der Waals surface area contributed by atoms with Gasteiger partial charge in [-0.15, -0.1) is 0 Å². The van der Waals surface area contributed by atoms with Gasteiger partial charge in [0.1, 0.15) is 5.82 Å². The Labute approximate surface area is 89.2 Å². The van der Waals surface area contributed by atoms with Crippen LogP contribution in [-0.2, 0) is 6.54 Å². The summed E-state index contributed by atoms with van der Waals surface area (Å²) in [5.41, 5.74) is 2.44. The van der Waals surface area contributed by atoms with Crippen LogP contribution in [0.4, 0.5) is 5.82 Å². The van der Waals surface area contributed by atoms with E-state index in [4.69, 9.17) is 0 Å². The molecular weight excluding hydrogens is 186 g/mol. The van der Waals surface area contributed by atoms with E-state index >= 15 is 0 Å². The Kier molecular flexibility index (Phi) is 2.93. The maximum Gasteiger partial charge on any atom is 0.126 e. The molecule has 0 saturated carbocycles. The van der Waals surface area contributed by atoms with Crippen molar-refractivity contribution < 1.29 is 0 Å². The summed E-state index contributed by atoms with van der Waals surface area (Å²) < 4.78 is 0. The maximum absolute atomic E-state index is 4.19. The third-order valence-corrected chi connectivity index (χ3v) is 2.27. The Morgan fingerprint density at radius 3 is 2.87 bits per heavy atom. The van der Waals surface area contributed by atoms with Gasteiger partial charge in [-0.05, 0) is 36.2 Å². The zero-order valence-electron chi connectivity index (χ0n) is 8.64. The van der Waals surface area contributed by atoms with E-state index in [2.05, 4.69) is 22.2 Å². The Morgan fingerprint density at radius 1 is 1.20 bits per heavy atom. The molecule has 0 aromatic carbocycles. The van der Waals surface area contributed by atoms with E-state index in [0.29, 0.717) is 0 Å². The van der Waals surface area contributed by atoms with Crippen molar-refractivity contribution in [3.63, 3.8) is 0 Å². The summed E-state index contributed by atoms with van der Waals surface area (Å²) in [7, 11) is 0. The van der Waals surface area contributed by atoms with E-state index in [1.807, 2.05) is 30.5 Å². The van der Waals surface area contributed by atoms with Crippen molar-refractivity contribution in [2.75, 3.05) is 5.32 Å². The number of anilines is 1. The molecule has 0 radical (unpaired) electrons. The van der Waals surface area contributed by atoms with Gasteiger partial charge in [-0.2, -0.15) is 0 Å². The summed E-state index contributed by atoms with van der Waals surface area (Å²) in [6.45, 7) is 2.84. The molecule has 0 spiro atoms. The number of nitrogens with one attached hydrogen (secondary N) is 1. The molecule has 0 unspecified atom stereocenters. The van der Waals surface area contributed by atoms with E-state index in [1.54, 1.807) is 12.4 Å². The summed E-state index contributed by atoms with van der Waals surface area (Å²) in [5.74, 6) is 0.890. The van der Waals surface area contributed by atoms with Gasteiger partial charge < -0.3 is 5.32 Å². The van der Waals surface area contributed by atoms with Crippen molar-refractivity contribution in [3.05, 3.63) is 54.0 Å². The lowest BCUT2D eigenvalue weighted by Gasteiger charge is -2.06. The van der Waals surface area contributed by atoms with Gasteiger partial charge in [0, 0.05) is 25.1 Å². The first-order valence-electron chi connectivity index (χ1n) is 4.90. The number of aromatic nitrogens is 2. The highest BCUT2D eigenvalue weighted by atomic mass is 15.0. The van der Waals surface area contributed by atoms with Crippen LogP contribution in [0, 0.1) is 6.92 Å². The van der Waals surface area contributed by atoms with Crippen molar-refractivity contribution in [2.24, 2.45) is 0 Å². The number of nitrogens with zero attached hydrogens (tertiary/aromatic N) is 2. The van der Waals surface area contributed by atoms with Gasteiger partial charge in [-0.25, -0.2) is 4.98 Å². The molecule has 76 valence electrons. The molecule has 0 bridgehead atoms. The quantitative estimate of drug-likeness (QED) is 0.824. The molecule has 0 aliphatic carbocycles. The van der Waals surface area contributed by atoms with Crippen LogP contribution in [-0.4, -0.2) is 9.97 Å². The molecule has 2 aromatic heterocycles. The Morgan fingerprint density at radius 2 is 2.13 bits per heavy atom. The average molecular weight is 199 g/mol. The van der Waals surface area contributed by atoms with Gasteiger partial charge in [0.25, 0.3) is 0 Å². The van der Waals surface area contributed by atoms with Crippen molar-refractivity contribution >= 4 is 5.82 Å². The third-order valence-electron chi connectivity index (χ3n) is 2.27. The number of hydrogen-bond acceptors (Lipinski definition) is 3. The molecule has 0 aliphatic rings. The molecule has 3 heteroatoms. The molecule has 0 fully saturated rings. The first-order chi connectivity index (χ1) is 7.36. The second kappa shape index (κ2) is 4.55. The standard InChI is InChI=1S/C12H13N3/c1-10-5-7-13-8-11(10)9-15-12-4-2-3-6-14-12/h2-8H,9H2,1H3,(H,14,15). The molecule has 0 amide bonds. The van der Waals surface area contributed by atoms with Crippen molar-refractivity contribution in [1.82, 2.24) is 9.97 Å². The molecule has 3 nitrogen and oxygen atoms in total. The zero-order valence-corrected chi connectivity index (χ0v) is 8.64. The SMILES string of the molecule is Cc1ccncc1CNc1ccccn1. The highest BCUT2D eigenvalue weighted by Gasteiger charge is 1.97. The molecular formula is C12H13N3. The summed E-state index contributed by atoms with van der Waals surface area (Å²) >= 11 is 0. The molecule has 1 N–H and O–H groups in total. The summed E-state index contributed by atoms with van der Waals surface area (Å²) in [6, 6.07) is 7.83. The van der Waals surface area contributed by atoms with Crippen LogP contribution in [0.25, 0.3) is 0 Å². The lowest BCUT2D eigenvalue weighted by molar-refractivity contribution is 1.06. The fraction of sp³-hybridized carbons (Fsp3) is 0.167. The van der Waals surface area contributed by atoms with Crippen LogP contribution in [0.3, 0.4) is 0 Å². The molecule has 0 atom stereocenters. The van der Waals surface area contributed by atoms with Gasteiger partial charge in [0.15, 0.2) is 0 Å². The lowest BCUT2D eigenvalue weighted by atomic mass is 10.1. The first kappa shape index (κ1) is 9.65. The maximum atomic E-state index is 4.19. The fourth-order valence-corrected chi connectivity index (χ4v) is 1.33. The van der Waals surface area contributed by atoms with Gasteiger partial charge in [0.2, 0.25) is 0 Å². The van der Waals surface area contributed by atoms with Crippen LogP contribution in [0.15, 0.2) is 42.9 Å². The van der Waals surface area contributed by atoms with Gasteiger partial charge >= 0.3 is 0 Å². The van der Waals surface area contributed by atoms with Crippen LogP contribution < -0.4 is 5.32 Å². The van der Waals surface area contributed by atoms with Gasteiger partial charge in [0.05, 0.1) is 0 Å². The molecule has 0 saturated heterocycles. The molecule has 0 aliphatic heterocycles. The molecule has 15 heavy (non-hydrogen) atoms. The lowest BCUT2D eigenvalue weighted by Crippen LogP contribution is -2.02. The minimum Gasteiger partial charge on any atom is -0.366 e. The summed E-state index contributed by atoms with van der Waals surface area (Å²) in [4.78, 5) is 8.29. The van der Waals surface area contributed by atoms with Crippen LogP contribution in [0.5, 0.6) is 0 Å². The normalized spacial score (nSPS) is 9.93. The number of rotatable bonds is 3. The smallest absolute Gasteiger partial charge is 0.126 e. The Bertz CT molecular complexity index is 426. The van der Waals surface area contributed by atoms with E-state index in [1.165, 1.54) is 11.1 Å². The second-order valence-electron chi connectivity index (χ2n) is 3.37. The zero-order chi connectivity index (χ0) is 10.5. The third kappa shape index (κ3) is 2.53. The highest BCUT2D eigenvalue weighted by molar-refractivity contribution is 5.35. The minimum absolute atomic E-state index is 0.761. The van der Waals surface area contributed by atoms with E-state index in [0.717, 1.165) is 12.4 Å². The van der Waals surface area contributed by atoms with E-state index < -0.39 is 0 Å². The highest BCUT2D eigenvalue weighted by Crippen LogP contribution is 2.08. The first-order valence-corrected chi connectivity index (χ1v) is 4.90. The number of aryl methyl sites for hydroxylation is 1. The topological polar surface area (TPSA) is 37.8 Å². The van der Waals surface area contributed by atoms with Crippen molar-refractivity contribution in [3.8, 4) is 0 Å². The van der Waals surface area contributed by atoms with Gasteiger partial charge in [-0.1, -0.05) is 6.07 Å². The van der Waals surface area contributed by atoms with Crippen molar-refractivity contribution in [2.45, 2.75) is 13.5 Å². The van der Waals surface area contributed by atoms with Gasteiger partial charge in [-0.3, -0.25) is 4.98 Å². The Balaban J connectivity index is 2.03. The second-order valence-corrected chi connectivity index (χ2v) is 3.37. The monoisotopic (exact) mass is 199 g/mol. The molecule has 2 heterocycles. The van der Waals surface area contributed by atoms with Crippen LogP contribution in [0.1, 0.15) is 11.1 Å². The molecule has 2 rings (SSSR count). The Hall–Kier alpha value is -1.90. The number of pyridine rings is 2.